The van der Waals surface area contributed by atoms with Gasteiger partial charge in [-0.25, -0.2) is 9.07 Å². The molecule has 7 heteroatoms. The monoisotopic (exact) mass is 378 g/mol. The van der Waals surface area contributed by atoms with Gasteiger partial charge in [0.05, 0.1) is 17.4 Å². The van der Waals surface area contributed by atoms with E-state index in [0.717, 1.165) is 18.4 Å². The second kappa shape index (κ2) is 6.92. The van der Waals surface area contributed by atoms with Crippen LogP contribution in [0, 0.1) is 12.7 Å². The molecule has 4 rings (SSSR count). The van der Waals surface area contributed by atoms with Gasteiger partial charge >= 0.3 is 0 Å². The average Bonchev–Trinajstić information content (AvgIpc) is 3.42. The van der Waals surface area contributed by atoms with E-state index in [1.165, 1.54) is 35.1 Å². The molecule has 6 nitrogen and oxygen atoms in total. The summed E-state index contributed by atoms with van der Waals surface area (Å²) >= 11 is 0. The Hall–Kier alpha value is -3.48. The average molecular weight is 378 g/mol. The zero-order chi connectivity index (χ0) is 19.8. The number of aromatic nitrogens is 2. The van der Waals surface area contributed by atoms with Gasteiger partial charge in [-0.3, -0.25) is 9.59 Å². The lowest BCUT2D eigenvalue weighted by atomic mass is 10.1. The van der Waals surface area contributed by atoms with Crippen LogP contribution >= 0.6 is 0 Å². The predicted molar refractivity (Wildman–Crippen MR) is 103 cm³/mol. The van der Waals surface area contributed by atoms with Crippen LogP contribution in [-0.4, -0.2) is 27.5 Å². The number of nitrogens with one attached hydrogen (secondary N) is 1. The molecule has 1 aliphatic carbocycles. The van der Waals surface area contributed by atoms with Gasteiger partial charge in [-0.1, -0.05) is 6.07 Å². The number of nitrogen functional groups attached to an aromatic ring is 1. The summed E-state index contributed by atoms with van der Waals surface area (Å²) < 4.78 is 14.5. The number of aryl methyl sites for hydroxylation is 1. The van der Waals surface area contributed by atoms with E-state index in [9.17, 15) is 14.0 Å². The van der Waals surface area contributed by atoms with Gasteiger partial charge in [-0.2, -0.15) is 5.10 Å². The van der Waals surface area contributed by atoms with Gasteiger partial charge in [0, 0.05) is 17.2 Å². The van der Waals surface area contributed by atoms with Crippen LogP contribution in [0.4, 0.5) is 10.2 Å². The Balaban J connectivity index is 1.67. The van der Waals surface area contributed by atoms with E-state index < -0.39 is 5.82 Å². The fraction of sp³-hybridized carbons (Fsp3) is 0.190. The van der Waals surface area contributed by atoms with Gasteiger partial charge in [0.1, 0.15) is 11.6 Å². The predicted octanol–water partition coefficient (Wildman–Crippen LogP) is 3.03. The number of hydrogen-bond acceptors (Lipinski definition) is 4. The molecule has 3 N–H and O–H groups in total. The summed E-state index contributed by atoms with van der Waals surface area (Å²) in [5, 5.41) is 7.20. The maximum atomic E-state index is 13.1. The number of nitrogens with two attached hydrogens (primary N) is 1. The summed E-state index contributed by atoms with van der Waals surface area (Å²) in [4.78, 5) is 25.0. The number of carbonyl (C=O) groups is 2. The summed E-state index contributed by atoms with van der Waals surface area (Å²) in [5.74, 6) is -0.740. The minimum Gasteiger partial charge on any atom is -0.383 e. The lowest BCUT2D eigenvalue weighted by Crippen LogP contribution is -2.25. The largest absolute Gasteiger partial charge is 0.383 e. The highest BCUT2D eigenvalue weighted by Gasteiger charge is 2.24. The first-order valence-corrected chi connectivity index (χ1v) is 8.99. The summed E-state index contributed by atoms with van der Waals surface area (Å²) in [6, 6.07) is 10.8. The molecule has 2 aromatic carbocycles. The van der Waals surface area contributed by atoms with E-state index in [1.54, 1.807) is 12.1 Å². The molecule has 0 saturated heterocycles. The number of rotatable bonds is 5. The van der Waals surface area contributed by atoms with Gasteiger partial charge in [0.2, 0.25) is 0 Å². The smallest absolute Gasteiger partial charge is 0.251 e. The lowest BCUT2D eigenvalue weighted by molar-refractivity contribution is 0.0950. The molecule has 1 saturated carbocycles. The minimum absolute atomic E-state index is 0.142. The number of ketones is 1. The zero-order valence-corrected chi connectivity index (χ0v) is 15.3. The van der Waals surface area contributed by atoms with E-state index in [1.807, 2.05) is 13.0 Å². The highest BCUT2D eigenvalue weighted by Crippen LogP contribution is 2.24. The molecule has 142 valence electrons. The molecule has 1 heterocycles. The van der Waals surface area contributed by atoms with Crippen LogP contribution in [-0.2, 0) is 0 Å². The Bertz CT molecular complexity index is 1070. The molecule has 1 aromatic heterocycles. The Morgan fingerprint density at radius 3 is 2.50 bits per heavy atom. The van der Waals surface area contributed by atoms with Crippen molar-refractivity contribution in [1.82, 2.24) is 15.1 Å². The normalized spacial score (nSPS) is 13.4. The van der Waals surface area contributed by atoms with Crippen LogP contribution in [0.15, 0.2) is 48.7 Å². The maximum Gasteiger partial charge on any atom is 0.251 e. The summed E-state index contributed by atoms with van der Waals surface area (Å²) in [6.07, 6.45) is 3.40. The van der Waals surface area contributed by atoms with E-state index in [4.69, 9.17) is 5.73 Å². The van der Waals surface area contributed by atoms with E-state index in [2.05, 4.69) is 10.4 Å². The minimum atomic E-state index is -0.419. The number of halogens is 1. The molecule has 0 bridgehead atoms. The zero-order valence-electron chi connectivity index (χ0n) is 15.3. The first-order valence-electron chi connectivity index (χ1n) is 8.99. The fourth-order valence-corrected chi connectivity index (χ4v) is 2.96. The molecule has 3 aromatic rings. The Morgan fingerprint density at radius 2 is 1.82 bits per heavy atom. The summed E-state index contributed by atoms with van der Waals surface area (Å²) in [5.41, 5.74) is 8.73. The Labute approximate surface area is 161 Å². The van der Waals surface area contributed by atoms with Gasteiger partial charge in [0.25, 0.3) is 5.91 Å². The third kappa shape index (κ3) is 3.38. The van der Waals surface area contributed by atoms with Crippen LogP contribution in [0.3, 0.4) is 0 Å². The van der Waals surface area contributed by atoms with Crippen molar-refractivity contribution >= 4 is 17.5 Å². The fourth-order valence-electron chi connectivity index (χ4n) is 2.96. The molecular weight excluding hydrogens is 359 g/mol. The second-order valence-electron chi connectivity index (χ2n) is 6.94. The van der Waals surface area contributed by atoms with Crippen LogP contribution < -0.4 is 11.1 Å². The van der Waals surface area contributed by atoms with Gasteiger partial charge < -0.3 is 11.1 Å². The van der Waals surface area contributed by atoms with Crippen molar-refractivity contribution in [3.05, 3.63) is 76.7 Å². The standard InChI is InChI=1S/C21H19FN4O2/c1-12-2-3-14(21(28)25-16-8-9-16)10-18(12)26-20(23)17(11-24-26)19(27)13-4-6-15(22)7-5-13/h2-7,10-11,16H,8-9,23H2,1H3,(H,25,28). The van der Waals surface area contributed by atoms with Crippen molar-refractivity contribution in [1.29, 1.82) is 0 Å². The van der Waals surface area contributed by atoms with Crippen LogP contribution in [0.2, 0.25) is 0 Å². The highest BCUT2D eigenvalue weighted by molar-refractivity contribution is 6.11. The molecule has 0 radical (unpaired) electrons. The molecule has 1 amide bonds. The van der Waals surface area contributed by atoms with E-state index in [0.29, 0.717) is 16.8 Å². The van der Waals surface area contributed by atoms with Crippen molar-refractivity contribution in [2.24, 2.45) is 0 Å². The summed E-state index contributed by atoms with van der Waals surface area (Å²) in [6.45, 7) is 1.88. The Morgan fingerprint density at radius 1 is 1.14 bits per heavy atom. The third-order valence-electron chi connectivity index (χ3n) is 4.77. The number of benzene rings is 2. The number of hydrogen-bond donors (Lipinski definition) is 2. The molecule has 0 aliphatic heterocycles. The van der Waals surface area contributed by atoms with Crippen molar-refractivity contribution in [2.75, 3.05) is 5.73 Å². The van der Waals surface area contributed by atoms with Gasteiger partial charge in [0.15, 0.2) is 5.78 Å². The number of nitrogens with zero attached hydrogens (tertiary/aromatic N) is 2. The van der Waals surface area contributed by atoms with Crippen molar-refractivity contribution < 1.29 is 14.0 Å². The maximum absolute atomic E-state index is 13.1. The molecule has 1 aliphatic rings. The summed E-state index contributed by atoms with van der Waals surface area (Å²) in [7, 11) is 0. The van der Waals surface area contributed by atoms with Crippen molar-refractivity contribution in [2.45, 2.75) is 25.8 Å². The topological polar surface area (TPSA) is 90.0 Å². The van der Waals surface area contributed by atoms with Crippen LogP contribution in [0.5, 0.6) is 0 Å². The molecule has 28 heavy (non-hydrogen) atoms. The van der Waals surface area contributed by atoms with Crippen molar-refractivity contribution in [3.63, 3.8) is 0 Å². The molecule has 0 atom stereocenters. The molecule has 1 fully saturated rings. The van der Waals surface area contributed by atoms with Gasteiger partial charge in [-0.15, -0.1) is 0 Å². The first-order chi connectivity index (χ1) is 13.4. The van der Waals surface area contributed by atoms with Crippen LogP contribution in [0.1, 0.15) is 44.7 Å². The lowest BCUT2D eigenvalue weighted by Gasteiger charge is -2.11. The molecular formula is C21H19FN4O2. The van der Waals surface area contributed by atoms with Gasteiger partial charge in [-0.05, 0) is 61.7 Å². The van der Waals surface area contributed by atoms with Crippen LogP contribution in [0.25, 0.3) is 5.69 Å². The first kappa shape index (κ1) is 17.9. The second-order valence-corrected chi connectivity index (χ2v) is 6.94. The number of amides is 1. The molecule has 0 spiro atoms. The Kier molecular flexibility index (Phi) is 4.43. The highest BCUT2D eigenvalue weighted by atomic mass is 19.1. The molecule has 0 unspecified atom stereocenters. The van der Waals surface area contributed by atoms with Crippen molar-refractivity contribution in [3.8, 4) is 5.69 Å². The number of carbonyl (C=O) groups excluding carboxylic acids is 2. The van der Waals surface area contributed by atoms with E-state index in [-0.39, 0.29) is 29.1 Å². The quantitative estimate of drug-likeness (QED) is 0.668. The number of anilines is 1. The third-order valence-corrected chi connectivity index (χ3v) is 4.77. The SMILES string of the molecule is Cc1ccc(C(=O)NC2CC2)cc1-n1ncc(C(=O)c2ccc(F)cc2)c1N. The van der Waals surface area contributed by atoms with E-state index >= 15 is 0 Å².